The van der Waals surface area contributed by atoms with E-state index in [0.29, 0.717) is 6.92 Å². The highest BCUT2D eigenvalue weighted by atomic mass is 32.3. The van der Waals surface area contributed by atoms with Crippen LogP contribution < -0.4 is 0 Å². The van der Waals surface area contributed by atoms with E-state index in [1.165, 1.54) is 0 Å². The highest BCUT2D eigenvalue weighted by Gasteiger charge is 2.86. The van der Waals surface area contributed by atoms with Crippen LogP contribution in [0, 0.1) is 0 Å². The normalized spacial score (nSPS) is 15.3. The Labute approximate surface area is 182 Å². The number of nitrogens with zero attached hydrogens (tertiary/aromatic N) is 1. The maximum atomic E-state index is 14.1. The van der Waals surface area contributed by atoms with E-state index in [-0.39, 0.29) is 0 Å². The van der Waals surface area contributed by atoms with Crippen LogP contribution in [-0.4, -0.2) is 50.4 Å². The van der Waals surface area contributed by atoms with Crippen LogP contribution in [0.25, 0.3) is 0 Å². The molecule has 0 fully saturated rings. The molecule has 0 aromatic carbocycles. The van der Waals surface area contributed by atoms with Crippen LogP contribution >= 0.6 is 60.7 Å². The molecule has 0 N–H and O–H groups in total. The summed E-state index contributed by atoms with van der Waals surface area (Å²) in [5.41, 5.74) is 0. The zero-order chi connectivity index (χ0) is 24.4. The number of hydrogen-bond acceptors (Lipinski definition) is 7. The van der Waals surface area contributed by atoms with Gasteiger partial charge >= 0.3 is 22.4 Å². The van der Waals surface area contributed by atoms with Gasteiger partial charge in [0.15, 0.2) is 4.58 Å². The number of hydrogen-bond donors (Lipinski definition) is 0. The van der Waals surface area contributed by atoms with Crippen LogP contribution in [0.2, 0.25) is 0 Å². The van der Waals surface area contributed by atoms with Crippen molar-refractivity contribution < 1.29 is 63.0 Å². The average Bonchev–Trinajstić information content (AvgIpc) is 2.66. The molecule has 0 radical (unpaired) electrons. The Bertz CT molecular complexity index is 671. The first-order valence-electron chi connectivity index (χ1n) is 6.37. The van der Waals surface area contributed by atoms with Crippen molar-refractivity contribution in [1.82, 2.24) is 4.31 Å². The summed E-state index contributed by atoms with van der Waals surface area (Å²) in [5.74, 6) is -14.9. The lowest BCUT2D eigenvalue weighted by Gasteiger charge is -2.41. The summed E-state index contributed by atoms with van der Waals surface area (Å²) < 4.78 is 188. The minimum atomic E-state index is -7.58. The van der Waals surface area contributed by atoms with E-state index in [9.17, 15) is 63.0 Å². The second-order valence-corrected chi connectivity index (χ2v) is 10.7. The lowest BCUT2D eigenvalue weighted by atomic mass is 10.2. The molecule has 0 aromatic rings. The molecular weight excluding hydrogens is 581 g/mol. The first-order chi connectivity index (χ1) is 13.4. The third kappa shape index (κ3) is 4.55. The van der Waals surface area contributed by atoms with Crippen LogP contribution in [0.15, 0.2) is 0 Å². The van der Waals surface area contributed by atoms with E-state index in [2.05, 4.69) is 0 Å². The van der Waals surface area contributed by atoms with Gasteiger partial charge < -0.3 is 0 Å². The molecule has 0 heterocycles. The van der Waals surface area contributed by atoms with Crippen molar-refractivity contribution in [2.45, 2.75) is 38.1 Å². The Morgan fingerprint density at radius 2 is 1.17 bits per heavy atom. The Morgan fingerprint density at radius 1 is 0.767 bits per heavy atom. The summed E-state index contributed by atoms with van der Waals surface area (Å²) in [4.78, 5) is 0. The monoisotopic (exact) mass is 587 g/mol. The van der Waals surface area contributed by atoms with E-state index in [1.807, 2.05) is 0 Å². The zero-order valence-electron chi connectivity index (χ0n) is 13.4. The number of sulfonamides is 1. The Morgan fingerprint density at radius 3 is 1.43 bits per heavy atom. The van der Waals surface area contributed by atoms with E-state index in [4.69, 9.17) is 0 Å². The van der Waals surface area contributed by atoms with Gasteiger partial charge in [-0.25, -0.2) is 8.42 Å². The fourth-order valence-corrected chi connectivity index (χ4v) is 6.42. The molecule has 0 aromatic heterocycles. The third-order valence-corrected chi connectivity index (χ3v) is 9.64. The molecule has 0 rings (SSSR count). The van der Waals surface area contributed by atoms with Gasteiger partial charge in [-0.05, 0) is 0 Å². The van der Waals surface area contributed by atoms with Gasteiger partial charge in [0.2, 0.25) is 4.20 Å². The van der Waals surface area contributed by atoms with Crippen molar-refractivity contribution in [3.63, 3.8) is 0 Å². The average molecular weight is 588 g/mol. The van der Waals surface area contributed by atoms with Crippen molar-refractivity contribution >= 4 is 70.8 Å². The fourth-order valence-electron chi connectivity index (χ4n) is 1.68. The Balaban J connectivity index is 6.87. The summed E-state index contributed by atoms with van der Waals surface area (Å²) in [6.45, 7) is -1.26. The van der Waals surface area contributed by atoms with Gasteiger partial charge in [0.25, 0.3) is 10.0 Å². The molecule has 0 saturated carbocycles. The predicted octanol–water partition coefficient (Wildman–Crippen LogP) is 7.16. The van der Waals surface area contributed by atoms with Crippen LogP contribution in [0.1, 0.15) is 6.92 Å². The molecule has 0 amide bonds. The number of alkyl halides is 8. The van der Waals surface area contributed by atoms with Crippen LogP contribution in [-0.2, 0) is 10.0 Å². The maximum absolute atomic E-state index is 14.1. The summed E-state index contributed by atoms with van der Waals surface area (Å²) in [6, 6.07) is 0. The summed E-state index contributed by atoms with van der Waals surface area (Å²) in [5, 5.41) is -13.9. The summed E-state index contributed by atoms with van der Waals surface area (Å²) >= 11 is -8.94. The van der Waals surface area contributed by atoms with Gasteiger partial charge in [0.1, 0.15) is 12.1 Å². The van der Waals surface area contributed by atoms with Crippen molar-refractivity contribution in [3.8, 4) is 0 Å². The Kier molecular flexibility index (Phi) is 10.6. The molecular formula is C8H6F13NO2S6. The smallest absolute Gasteiger partial charge is 0.205 e. The SMILES string of the molecule is CCN(C(SF)(SF)C(SF)SF)S(=O)(=O)C(F)(F)C(F)(F)C(F)(F)C(F)(F)SF. The van der Waals surface area contributed by atoms with Crippen molar-refractivity contribution in [2.24, 2.45) is 0 Å². The summed E-state index contributed by atoms with van der Waals surface area (Å²) in [7, 11) is -7.48. The zero-order valence-corrected chi connectivity index (χ0v) is 18.3. The van der Waals surface area contributed by atoms with Gasteiger partial charge in [-0.15, -0.1) is 0 Å². The molecule has 182 valence electrons. The number of halogens is 13. The maximum Gasteiger partial charge on any atom is 0.427 e. The third-order valence-electron chi connectivity index (χ3n) is 3.15. The van der Waals surface area contributed by atoms with Crippen molar-refractivity contribution in [3.05, 3.63) is 0 Å². The second-order valence-electron chi connectivity index (χ2n) is 4.72. The van der Waals surface area contributed by atoms with E-state index < -0.39 is 113 Å². The molecule has 0 saturated heterocycles. The quantitative estimate of drug-likeness (QED) is 0.167. The lowest BCUT2D eigenvalue weighted by molar-refractivity contribution is -0.325. The summed E-state index contributed by atoms with van der Waals surface area (Å²) in [6.07, 6.45) is 0. The topological polar surface area (TPSA) is 37.4 Å². The second kappa shape index (κ2) is 10.3. The first kappa shape index (κ1) is 30.8. The first-order valence-corrected chi connectivity index (χ1v) is 11.5. The predicted molar refractivity (Wildman–Crippen MR) is 91.1 cm³/mol. The molecule has 0 spiro atoms. The minimum Gasteiger partial charge on any atom is -0.205 e. The van der Waals surface area contributed by atoms with Crippen LogP contribution in [0.4, 0.5) is 54.6 Å². The van der Waals surface area contributed by atoms with Gasteiger partial charge in [-0.3, -0.25) is 0 Å². The molecule has 30 heavy (non-hydrogen) atoms. The molecule has 0 aliphatic carbocycles. The minimum absolute atomic E-state index is 0.417. The van der Waals surface area contributed by atoms with Crippen LogP contribution in [0.5, 0.6) is 0 Å². The van der Waals surface area contributed by atoms with E-state index in [0.717, 1.165) is 0 Å². The molecule has 0 atom stereocenters. The van der Waals surface area contributed by atoms with Gasteiger partial charge in [0, 0.05) is 6.54 Å². The Hall–Kier alpha value is 0.750. The fraction of sp³-hybridized carbons (Fsp3) is 1.00. The van der Waals surface area contributed by atoms with Crippen molar-refractivity contribution in [1.29, 1.82) is 0 Å². The van der Waals surface area contributed by atoms with Gasteiger partial charge in [-0.2, -0.15) is 58.9 Å². The van der Waals surface area contributed by atoms with Gasteiger partial charge in [-0.1, -0.05) is 6.92 Å². The molecule has 0 bridgehead atoms. The molecule has 3 nitrogen and oxygen atoms in total. The molecule has 0 aliphatic heterocycles. The standard InChI is InChI=1S/C8H6F13NO2S6/c1-2-22(4(27-19,28-20)3(25-17)26-18)30(23,24)8(15,16)6(11,12)5(9,10)7(13,14)29-21/h3H,2H2,1H3. The van der Waals surface area contributed by atoms with E-state index in [1.54, 1.807) is 0 Å². The van der Waals surface area contributed by atoms with Crippen molar-refractivity contribution in [2.75, 3.05) is 6.54 Å². The highest BCUT2D eigenvalue weighted by molar-refractivity contribution is 8.20. The highest BCUT2D eigenvalue weighted by Crippen LogP contribution is 2.60. The largest absolute Gasteiger partial charge is 0.427 e. The van der Waals surface area contributed by atoms with Gasteiger partial charge in [0.05, 0.1) is 48.6 Å². The van der Waals surface area contributed by atoms with E-state index >= 15 is 0 Å². The molecule has 0 aliphatic rings. The molecule has 22 heteroatoms. The van der Waals surface area contributed by atoms with Crippen LogP contribution in [0.3, 0.4) is 0 Å². The lowest BCUT2D eigenvalue weighted by Crippen LogP contribution is -2.67. The molecule has 0 unspecified atom stereocenters. The number of rotatable bonds is 13.